The number of carboxylic acids is 1. The predicted molar refractivity (Wildman–Crippen MR) is 107 cm³/mol. The lowest BCUT2D eigenvalue weighted by molar-refractivity contribution is -0.160. The topological polar surface area (TPSA) is 113 Å². The Morgan fingerprint density at radius 3 is 2.41 bits per heavy atom. The van der Waals surface area contributed by atoms with E-state index in [-0.39, 0.29) is 31.4 Å². The third kappa shape index (κ3) is 8.14. The van der Waals surface area contributed by atoms with E-state index >= 15 is 0 Å². The molecule has 0 unspecified atom stereocenters. The first-order chi connectivity index (χ1) is 13.4. The number of rotatable bonds is 10. The van der Waals surface area contributed by atoms with E-state index < -0.39 is 41.5 Å². The number of hydrogen-bond donors (Lipinski definition) is 2. The number of aliphatic hydroxyl groups is 1. The Kier molecular flexibility index (Phi) is 9.29. The van der Waals surface area contributed by atoms with Gasteiger partial charge >= 0.3 is 11.9 Å². The van der Waals surface area contributed by atoms with E-state index in [0.29, 0.717) is 13.0 Å². The van der Waals surface area contributed by atoms with Crippen molar-refractivity contribution in [3.8, 4) is 0 Å². The van der Waals surface area contributed by atoms with Gasteiger partial charge in [0.15, 0.2) is 0 Å². The van der Waals surface area contributed by atoms with Crippen molar-refractivity contribution >= 4 is 17.8 Å². The average Bonchev–Trinajstić information content (AvgIpc) is 2.97. The van der Waals surface area contributed by atoms with Crippen molar-refractivity contribution in [2.45, 2.75) is 77.7 Å². The molecule has 5 atom stereocenters. The SMILES string of the molecule is C=CCO[C@@H](C)C[C@@H](C)[C@H](CC(=O)OC(C)(C)C)C(=O)N1C[C@H](O)C[C@H]1C(=O)O. The fourth-order valence-electron chi connectivity index (χ4n) is 3.59. The molecule has 0 spiro atoms. The van der Waals surface area contributed by atoms with Crippen molar-refractivity contribution in [1.82, 2.24) is 4.90 Å². The molecule has 1 amide bonds. The third-order valence-electron chi connectivity index (χ3n) is 4.86. The highest BCUT2D eigenvalue weighted by molar-refractivity contribution is 5.88. The number of carbonyl (C=O) groups is 3. The summed E-state index contributed by atoms with van der Waals surface area (Å²) < 4.78 is 11.0. The second-order valence-electron chi connectivity index (χ2n) is 8.78. The molecule has 1 aliphatic heterocycles. The maximum Gasteiger partial charge on any atom is 0.326 e. The number of nitrogens with zero attached hydrogens (tertiary/aromatic N) is 1. The summed E-state index contributed by atoms with van der Waals surface area (Å²) in [7, 11) is 0. The standard InChI is InChI=1S/C21H35NO7/c1-7-8-28-14(3)9-13(2)16(11-18(24)29-21(4,5)6)19(25)22-12-15(23)10-17(22)20(26)27/h7,13-17,23H,1,8-12H2,2-6H3,(H,26,27)/t13-,14+,15-,16+,17+/m1/s1. The van der Waals surface area contributed by atoms with Gasteiger partial charge in [-0.2, -0.15) is 0 Å². The molecular formula is C21H35NO7. The van der Waals surface area contributed by atoms with Crippen molar-refractivity contribution in [2.24, 2.45) is 11.8 Å². The number of esters is 1. The molecule has 1 saturated heterocycles. The lowest BCUT2D eigenvalue weighted by Gasteiger charge is -2.31. The molecule has 8 heteroatoms. The molecule has 0 aromatic rings. The highest BCUT2D eigenvalue weighted by atomic mass is 16.6. The second kappa shape index (κ2) is 10.7. The average molecular weight is 414 g/mol. The zero-order chi connectivity index (χ0) is 22.4. The van der Waals surface area contributed by atoms with E-state index in [1.165, 1.54) is 4.90 Å². The summed E-state index contributed by atoms with van der Waals surface area (Å²) in [5.74, 6) is -3.17. The molecule has 8 nitrogen and oxygen atoms in total. The molecule has 0 saturated carbocycles. The van der Waals surface area contributed by atoms with E-state index in [1.807, 2.05) is 13.8 Å². The normalized spacial score (nSPS) is 22.6. The van der Waals surface area contributed by atoms with E-state index in [1.54, 1.807) is 26.8 Å². The minimum absolute atomic E-state index is 0.0204. The fraction of sp³-hybridized carbons (Fsp3) is 0.762. The van der Waals surface area contributed by atoms with Crippen LogP contribution in [0.25, 0.3) is 0 Å². The predicted octanol–water partition coefficient (Wildman–Crippen LogP) is 2.00. The summed E-state index contributed by atoms with van der Waals surface area (Å²) in [5.41, 5.74) is -0.693. The highest BCUT2D eigenvalue weighted by Crippen LogP contribution is 2.29. The molecule has 2 N–H and O–H groups in total. The van der Waals surface area contributed by atoms with Crippen LogP contribution in [0.4, 0.5) is 0 Å². The number of carboxylic acid groups (broad SMARTS) is 1. The van der Waals surface area contributed by atoms with Crippen molar-refractivity contribution < 1.29 is 34.1 Å². The summed E-state index contributed by atoms with van der Waals surface area (Å²) in [4.78, 5) is 38.4. The zero-order valence-corrected chi connectivity index (χ0v) is 18.1. The Hall–Kier alpha value is -1.93. The second-order valence-corrected chi connectivity index (χ2v) is 8.78. The Balaban J connectivity index is 3.01. The zero-order valence-electron chi connectivity index (χ0n) is 18.1. The first kappa shape index (κ1) is 25.1. The van der Waals surface area contributed by atoms with Crippen LogP contribution < -0.4 is 0 Å². The van der Waals surface area contributed by atoms with E-state index in [2.05, 4.69) is 6.58 Å². The van der Waals surface area contributed by atoms with Crippen LogP contribution in [0.3, 0.4) is 0 Å². The quantitative estimate of drug-likeness (QED) is 0.416. The van der Waals surface area contributed by atoms with Crippen LogP contribution in [-0.2, 0) is 23.9 Å². The van der Waals surface area contributed by atoms with E-state index in [0.717, 1.165) is 0 Å². The molecule has 0 radical (unpaired) electrons. The number of amides is 1. The van der Waals surface area contributed by atoms with Gasteiger partial charge in [0.25, 0.3) is 0 Å². The Morgan fingerprint density at radius 1 is 1.28 bits per heavy atom. The molecule has 1 fully saturated rings. The van der Waals surface area contributed by atoms with Crippen LogP contribution in [0, 0.1) is 11.8 Å². The third-order valence-corrected chi connectivity index (χ3v) is 4.86. The first-order valence-electron chi connectivity index (χ1n) is 10.0. The number of ether oxygens (including phenoxy) is 2. The van der Waals surface area contributed by atoms with E-state index in [9.17, 15) is 24.6 Å². The van der Waals surface area contributed by atoms with Crippen LogP contribution in [-0.4, -0.2) is 70.0 Å². The fourth-order valence-corrected chi connectivity index (χ4v) is 3.59. The van der Waals surface area contributed by atoms with Crippen molar-refractivity contribution in [3.63, 3.8) is 0 Å². The highest BCUT2D eigenvalue weighted by Gasteiger charge is 2.43. The lowest BCUT2D eigenvalue weighted by Crippen LogP contribution is -2.46. The van der Waals surface area contributed by atoms with Gasteiger partial charge in [0.05, 0.1) is 31.2 Å². The first-order valence-corrected chi connectivity index (χ1v) is 10.0. The Labute approximate surface area is 172 Å². The van der Waals surface area contributed by atoms with Crippen molar-refractivity contribution in [3.05, 3.63) is 12.7 Å². The van der Waals surface area contributed by atoms with Crippen molar-refractivity contribution in [2.75, 3.05) is 13.2 Å². The van der Waals surface area contributed by atoms with Gasteiger partial charge in [0.1, 0.15) is 11.6 Å². The molecule has 0 aliphatic carbocycles. The van der Waals surface area contributed by atoms with Crippen LogP contribution in [0.5, 0.6) is 0 Å². The van der Waals surface area contributed by atoms with Gasteiger partial charge in [-0.1, -0.05) is 13.0 Å². The molecular weight excluding hydrogens is 378 g/mol. The number of carbonyl (C=O) groups excluding carboxylic acids is 2. The number of β-amino-alcohol motifs (C(OH)–C–C–N with tert-alkyl or cyclic N) is 1. The van der Waals surface area contributed by atoms with Crippen LogP contribution in [0.1, 0.15) is 53.9 Å². The van der Waals surface area contributed by atoms with Gasteiger partial charge in [-0.25, -0.2) is 4.79 Å². The summed E-state index contributed by atoms with van der Waals surface area (Å²) in [6.07, 6.45) is 0.885. The smallest absolute Gasteiger partial charge is 0.326 e. The summed E-state index contributed by atoms with van der Waals surface area (Å²) >= 11 is 0. The molecule has 1 rings (SSSR count). The monoisotopic (exact) mass is 413 g/mol. The molecule has 0 aromatic heterocycles. The number of aliphatic carboxylic acids is 1. The minimum atomic E-state index is -1.17. The number of likely N-dealkylation sites (tertiary alicyclic amines) is 1. The largest absolute Gasteiger partial charge is 0.480 e. The number of aliphatic hydroxyl groups excluding tert-OH is 1. The van der Waals surface area contributed by atoms with Crippen LogP contribution in [0.15, 0.2) is 12.7 Å². The lowest BCUT2D eigenvalue weighted by atomic mass is 9.85. The molecule has 1 heterocycles. The van der Waals surface area contributed by atoms with Gasteiger partial charge < -0.3 is 24.6 Å². The molecule has 29 heavy (non-hydrogen) atoms. The van der Waals surface area contributed by atoms with Crippen LogP contribution >= 0.6 is 0 Å². The van der Waals surface area contributed by atoms with Gasteiger partial charge in [-0.15, -0.1) is 6.58 Å². The Morgan fingerprint density at radius 2 is 1.90 bits per heavy atom. The molecule has 0 bridgehead atoms. The van der Waals surface area contributed by atoms with Gasteiger partial charge in [-0.05, 0) is 40.0 Å². The van der Waals surface area contributed by atoms with Gasteiger partial charge in [-0.3, -0.25) is 9.59 Å². The molecule has 0 aromatic carbocycles. The summed E-state index contributed by atoms with van der Waals surface area (Å²) in [6.45, 7) is 12.9. The van der Waals surface area contributed by atoms with E-state index in [4.69, 9.17) is 9.47 Å². The maximum absolute atomic E-state index is 13.2. The molecule has 166 valence electrons. The van der Waals surface area contributed by atoms with Crippen molar-refractivity contribution in [1.29, 1.82) is 0 Å². The maximum atomic E-state index is 13.2. The Bertz CT molecular complexity index is 598. The summed E-state index contributed by atoms with van der Waals surface area (Å²) in [6, 6.07) is -1.10. The minimum Gasteiger partial charge on any atom is -0.480 e. The van der Waals surface area contributed by atoms with Crippen LogP contribution in [0.2, 0.25) is 0 Å². The summed E-state index contributed by atoms with van der Waals surface area (Å²) in [5, 5.41) is 19.3. The van der Waals surface area contributed by atoms with Gasteiger partial charge in [0, 0.05) is 13.0 Å². The number of hydrogen-bond acceptors (Lipinski definition) is 6. The molecule has 1 aliphatic rings. The van der Waals surface area contributed by atoms with Gasteiger partial charge in [0.2, 0.25) is 5.91 Å².